The van der Waals surface area contributed by atoms with Crippen LogP contribution in [0, 0.1) is 0 Å². The smallest absolute Gasteiger partial charge is 0.227 e. The van der Waals surface area contributed by atoms with Crippen LogP contribution in [-0.2, 0) is 17.9 Å². The van der Waals surface area contributed by atoms with Crippen LogP contribution in [0.5, 0.6) is 17.2 Å². The minimum atomic E-state index is 0.194. The lowest BCUT2D eigenvalue weighted by atomic mass is 10.1. The fourth-order valence-electron chi connectivity index (χ4n) is 3.55. The van der Waals surface area contributed by atoms with Crippen LogP contribution < -0.4 is 29.7 Å². The summed E-state index contributed by atoms with van der Waals surface area (Å²) in [6.07, 6.45) is 1.56. The van der Waals surface area contributed by atoms with Gasteiger partial charge in [-0.1, -0.05) is 12.1 Å². The van der Waals surface area contributed by atoms with E-state index in [-0.39, 0.29) is 5.91 Å². The number of nitrogens with one attached hydrogen (secondary N) is 2. The molecule has 1 aliphatic rings. The highest BCUT2D eigenvalue weighted by molar-refractivity contribution is 5.95. The van der Waals surface area contributed by atoms with Gasteiger partial charge < -0.3 is 29.7 Å². The summed E-state index contributed by atoms with van der Waals surface area (Å²) in [6, 6.07) is 11.7. The Hall–Kier alpha value is -3.42. The molecular weight excluding hydrogens is 396 g/mol. The van der Waals surface area contributed by atoms with E-state index < -0.39 is 0 Å². The van der Waals surface area contributed by atoms with E-state index in [1.807, 2.05) is 41.3 Å². The summed E-state index contributed by atoms with van der Waals surface area (Å²) in [6.45, 7) is 1.86. The second-order valence-electron chi connectivity index (χ2n) is 7.11. The van der Waals surface area contributed by atoms with Gasteiger partial charge in [0.15, 0.2) is 5.96 Å². The van der Waals surface area contributed by atoms with E-state index in [9.17, 15) is 4.79 Å². The van der Waals surface area contributed by atoms with Gasteiger partial charge in [0, 0.05) is 44.4 Å². The van der Waals surface area contributed by atoms with Gasteiger partial charge in [0.1, 0.15) is 17.2 Å². The van der Waals surface area contributed by atoms with E-state index in [1.165, 1.54) is 0 Å². The van der Waals surface area contributed by atoms with Crippen molar-refractivity contribution in [2.24, 2.45) is 4.99 Å². The summed E-state index contributed by atoms with van der Waals surface area (Å²) < 4.78 is 16.3. The van der Waals surface area contributed by atoms with E-state index >= 15 is 0 Å². The lowest BCUT2D eigenvalue weighted by Gasteiger charge is -2.18. The van der Waals surface area contributed by atoms with Crippen LogP contribution in [0.2, 0.25) is 0 Å². The zero-order valence-electron chi connectivity index (χ0n) is 18.5. The SMILES string of the molecule is CN=C(NCc1ccc(N2CCCC2=O)cc1)NCc1c(OC)cc(OC)cc1OC. The number of amides is 1. The molecule has 2 aromatic rings. The Morgan fingerprint density at radius 3 is 2.16 bits per heavy atom. The van der Waals surface area contributed by atoms with E-state index in [0.29, 0.717) is 42.7 Å². The Morgan fingerprint density at radius 2 is 1.65 bits per heavy atom. The predicted molar refractivity (Wildman–Crippen MR) is 121 cm³/mol. The fraction of sp³-hybridized carbons (Fsp3) is 0.391. The average Bonchev–Trinajstić information content (AvgIpc) is 3.24. The molecule has 1 amide bonds. The number of anilines is 1. The van der Waals surface area contributed by atoms with Crippen LogP contribution in [0.25, 0.3) is 0 Å². The second kappa shape index (κ2) is 10.6. The third kappa shape index (κ3) is 5.39. The van der Waals surface area contributed by atoms with Crippen LogP contribution in [-0.4, -0.2) is 46.8 Å². The minimum Gasteiger partial charge on any atom is -0.496 e. The molecule has 8 heteroatoms. The molecule has 3 rings (SSSR count). The van der Waals surface area contributed by atoms with Gasteiger partial charge in [-0.3, -0.25) is 9.79 Å². The highest BCUT2D eigenvalue weighted by Crippen LogP contribution is 2.33. The molecule has 1 fully saturated rings. The van der Waals surface area contributed by atoms with Crippen LogP contribution in [0.1, 0.15) is 24.0 Å². The molecule has 0 unspecified atom stereocenters. The van der Waals surface area contributed by atoms with Crippen molar-refractivity contribution in [1.82, 2.24) is 10.6 Å². The normalized spacial score (nSPS) is 13.9. The first-order chi connectivity index (χ1) is 15.1. The van der Waals surface area contributed by atoms with Crippen molar-refractivity contribution >= 4 is 17.6 Å². The average molecular weight is 427 g/mol. The fourth-order valence-corrected chi connectivity index (χ4v) is 3.55. The summed E-state index contributed by atoms with van der Waals surface area (Å²) in [4.78, 5) is 18.0. The van der Waals surface area contributed by atoms with Crippen LogP contribution in [0.3, 0.4) is 0 Å². The number of methoxy groups -OCH3 is 3. The number of guanidine groups is 1. The molecule has 31 heavy (non-hydrogen) atoms. The van der Waals surface area contributed by atoms with Crippen molar-refractivity contribution in [1.29, 1.82) is 0 Å². The van der Waals surface area contributed by atoms with Gasteiger partial charge in [0.05, 0.1) is 33.4 Å². The number of carbonyl (C=O) groups is 1. The highest BCUT2D eigenvalue weighted by Gasteiger charge is 2.21. The molecule has 0 spiro atoms. The van der Waals surface area contributed by atoms with Crippen molar-refractivity contribution in [2.75, 3.05) is 39.8 Å². The molecule has 1 heterocycles. The molecule has 1 aliphatic heterocycles. The number of nitrogens with zero attached hydrogens (tertiary/aromatic N) is 2. The van der Waals surface area contributed by atoms with Gasteiger partial charge in [-0.15, -0.1) is 0 Å². The van der Waals surface area contributed by atoms with E-state index in [1.54, 1.807) is 28.4 Å². The maximum Gasteiger partial charge on any atom is 0.227 e. The van der Waals surface area contributed by atoms with Gasteiger partial charge >= 0.3 is 0 Å². The molecule has 166 valence electrons. The molecule has 0 saturated carbocycles. The predicted octanol–water partition coefficient (Wildman–Crippen LogP) is 2.70. The lowest BCUT2D eigenvalue weighted by Crippen LogP contribution is -2.36. The number of rotatable bonds is 8. The van der Waals surface area contributed by atoms with Crippen molar-refractivity contribution in [3.8, 4) is 17.2 Å². The van der Waals surface area contributed by atoms with Gasteiger partial charge in [-0.05, 0) is 24.1 Å². The standard InChI is InChI=1S/C23H30N4O4/c1-24-23(26-15-19-20(30-3)12-18(29-2)13-21(19)31-4)25-14-16-7-9-17(10-8-16)27-11-5-6-22(27)28/h7-10,12-13H,5-6,11,14-15H2,1-4H3,(H2,24,25,26). The number of benzene rings is 2. The van der Waals surface area contributed by atoms with Gasteiger partial charge in [0.25, 0.3) is 0 Å². The Balaban J connectivity index is 1.60. The highest BCUT2D eigenvalue weighted by atomic mass is 16.5. The first-order valence-electron chi connectivity index (χ1n) is 10.2. The van der Waals surface area contributed by atoms with E-state index in [2.05, 4.69) is 15.6 Å². The van der Waals surface area contributed by atoms with Gasteiger partial charge in [-0.25, -0.2) is 0 Å². The molecule has 0 bridgehead atoms. The molecular formula is C23H30N4O4. The minimum absolute atomic E-state index is 0.194. The first kappa shape index (κ1) is 22.3. The summed E-state index contributed by atoms with van der Waals surface area (Å²) in [7, 11) is 6.56. The summed E-state index contributed by atoms with van der Waals surface area (Å²) in [5.41, 5.74) is 2.92. The Morgan fingerprint density at radius 1 is 1.00 bits per heavy atom. The molecule has 8 nitrogen and oxygen atoms in total. The van der Waals surface area contributed by atoms with Crippen molar-refractivity contribution < 1.29 is 19.0 Å². The molecule has 1 saturated heterocycles. The topological polar surface area (TPSA) is 84.4 Å². The molecule has 0 atom stereocenters. The second-order valence-corrected chi connectivity index (χ2v) is 7.11. The summed E-state index contributed by atoms with van der Waals surface area (Å²) in [5.74, 6) is 2.86. The number of ether oxygens (including phenoxy) is 3. The monoisotopic (exact) mass is 426 g/mol. The van der Waals surface area contributed by atoms with Crippen LogP contribution >= 0.6 is 0 Å². The Kier molecular flexibility index (Phi) is 7.59. The van der Waals surface area contributed by atoms with Crippen molar-refractivity contribution in [3.05, 3.63) is 47.5 Å². The first-order valence-corrected chi connectivity index (χ1v) is 10.2. The van der Waals surface area contributed by atoms with Crippen LogP contribution in [0.4, 0.5) is 5.69 Å². The Labute approximate surface area is 183 Å². The van der Waals surface area contributed by atoms with Gasteiger partial charge in [-0.2, -0.15) is 0 Å². The van der Waals surface area contributed by atoms with E-state index in [0.717, 1.165) is 29.8 Å². The molecule has 2 N–H and O–H groups in total. The van der Waals surface area contributed by atoms with Crippen LogP contribution in [0.15, 0.2) is 41.4 Å². The maximum atomic E-state index is 11.9. The quantitative estimate of drug-likeness (QED) is 0.499. The number of hydrogen-bond acceptors (Lipinski definition) is 5. The summed E-state index contributed by atoms with van der Waals surface area (Å²) in [5, 5.41) is 6.59. The van der Waals surface area contributed by atoms with Gasteiger partial charge in [0.2, 0.25) is 5.91 Å². The third-order valence-electron chi connectivity index (χ3n) is 5.25. The lowest BCUT2D eigenvalue weighted by molar-refractivity contribution is -0.117. The molecule has 0 aromatic heterocycles. The van der Waals surface area contributed by atoms with Crippen molar-refractivity contribution in [2.45, 2.75) is 25.9 Å². The van der Waals surface area contributed by atoms with E-state index in [4.69, 9.17) is 14.2 Å². The number of hydrogen-bond donors (Lipinski definition) is 2. The molecule has 0 radical (unpaired) electrons. The zero-order valence-corrected chi connectivity index (χ0v) is 18.5. The maximum absolute atomic E-state index is 11.9. The molecule has 0 aliphatic carbocycles. The zero-order chi connectivity index (χ0) is 22.2. The summed E-state index contributed by atoms with van der Waals surface area (Å²) >= 11 is 0. The number of aliphatic imine (C=N–C) groups is 1. The largest absolute Gasteiger partial charge is 0.496 e. The molecule has 2 aromatic carbocycles. The number of carbonyl (C=O) groups excluding carboxylic acids is 1. The third-order valence-corrected chi connectivity index (χ3v) is 5.25. The van der Waals surface area contributed by atoms with Crippen molar-refractivity contribution in [3.63, 3.8) is 0 Å². The Bertz CT molecular complexity index is 903.